The van der Waals surface area contributed by atoms with Crippen LogP contribution >= 0.6 is 0 Å². The van der Waals surface area contributed by atoms with Crippen molar-refractivity contribution in [1.82, 2.24) is 9.80 Å². The lowest BCUT2D eigenvalue weighted by Gasteiger charge is -2.34. The molecule has 3 aromatic carbocycles. The maximum absolute atomic E-state index is 12.6. The van der Waals surface area contributed by atoms with Gasteiger partial charge in [-0.3, -0.25) is 14.6 Å². The molecular formula is C29H34N2O3. The number of rotatable bonds is 9. The number of esters is 1. The van der Waals surface area contributed by atoms with Crippen LogP contribution in [0.15, 0.2) is 72.8 Å². The topological polar surface area (TPSA) is 42.0 Å². The average molecular weight is 459 g/mol. The summed E-state index contributed by atoms with van der Waals surface area (Å²) in [5.74, 6) is 0.370. The highest BCUT2D eigenvalue weighted by Gasteiger charge is 2.19. The van der Waals surface area contributed by atoms with Crippen LogP contribution in [-0.4, -0.2) is 68.8 Å². The molecule has 5 heteroatoms. The minimum absolute atomic E-state index is 0.169. The van der Waals surface area contributed by atoms with Gasteiger partial charge in [0.25, 0.3) is 0 Å². The van der Waals surface area contributed by atoms with E-state index in [0.29, 0.717) is 6.61 Å². The van der Waals surface area contributed by atoms with Gasteiger partial charge in [-0.15, -0.1) is 0 Å². The molecule has 0 aromatic heterocycles. The highest BCUT2D eigenvalue weighted by atomic mass is 16.5. The van der Waals surface area contributed by atoms with Crippen LogP contribution in [0.2, 0.25) is 0 Å². The summed E-state index contributed by atoms with van der Waals surface area (Å²) in [6.07, 6.45) is 4.41. The summed E-state index contributed by atoms with van der Waals surface area (Å²) in [4.78, 5) is 17.5. The Morgan fingerprint density at radius 2 is 1.65 bits per heavy atom. The van der Waals surface area contributed by atoms with Gasteiger partial charge in [0.2, 0.25) is 0 Å². The van der Waals surface area contributed by atoms with Gasteiger partial charge < -0.3 is 9.47 Å². The molecule has 3 aromatic rings. The van der Waals surface area contributed by atoms with E-state index in [2.05, 4.69) is 52.3 Å². The van der Waals surface area contributed by atoms with Crippen LogP contribution in [0.25, 0.3) is 16.8 Å². The SMILES string of the molecule is COc1ccc2cc(C(C)C(=O)OCCN3CCN(C/C=C\c4ccccc4)CC3)ccc2c1. The summed E-state index contributed by atoms with van der Waals surface area (Å²) >= 11 is 0. The van der Waals surface area contributed by atoms with Crippen molar-refractivity contribution < 1.29 is 14.3 Å². The minimum Gasteiger partial charge on any atom is -0.497 e. The number of piperazine rings is 1. The van der Waals surface area contributed by atoms with Crippen LogP contribution in [0.5, 0.6) is 5.75 Å². The maximum Gasteiger partial charge on any atom is 0.313 e. The van der Waals surface area contributed by atoms with Crippen molar-refractivity contribution in [3.8, 4) is 5.75 Å². The van der Waals surface area contributed by atoms with Crippen LogP contribution in [-0.2, 0) is 9.53 Å². The number of fused-ring (bicyclic) bond motifs is 1. The lowest BCUT2D eigenvalue weighted by Crippen LogP contribution is -2.47. The quantitative estimate of drug-likeness (QED) is 0.430. The van der Waals surface area contributed by atoms with E-state index in [9.17, 15) is 4.79 Å². The van der Waals surface area contributed by atoms with E-state index in [0.717, 1.165) is 61.4 Å². The van der Waals surface area contributed by atoms with Crippen molar-refractivity contribution in [1.29, 1.82) is 0 Å². The summed E-state index contributed by atoms with van der Waals surface area (Å²) in [5, 5.41) is 2.19. The summed E-state index contributed by atoms with van der Waals surface area (Å²) in [5.41, 5.74) is 2.21. The normalized spacial score (nSPS) is 16.1. The zero-order valence-corrected chi connectivity index (χ0v) is 20.2. The number of hydrogen-bond acceptors (Lipinski definition) is 5. The highest BCUT2D eigenvalue weighted by molar-refractivity contribution is 5.86. The Kier molecular flexibility index (Phi) is 8.34. The minimum atomic E-state index is -0.292. The van der Waals surface area contributed by atoms with Crippen molar-refractivity contribution >= 4 is 22.8 Å². The van der Waals surface area contributed by atoms with Gasteiger partial charge in [-0.05, 0) is 41.0 Å². The molecule has 0 spiro atoms. The monoisotopic (exact) mass is 458 g/mol. The lowest BCUT2D eigenvalue weighted by molar-refractivity contribution is -0.145. The fraction of sp³-hybridized carbons (Fsp3) is 0.345. The molecule has 5 nitrogen and oxygen atoms in total. The Balaban J connectivity index is 1.18. The number of hydrogen-bond donors (Lipinski definition) is 0. The predicted molar refractivity (Wildman–Crippen MR) is 138 cm³/mol. The van der Waals surface area contributed by atoms with Crippen LogP contribution < -0.4 is 4.74 Å². The third-order valence-corrected chi connectivity index (χ3v) is 6.52. The zero-order valence-electron chi connectivity index (χ0n) is 20.2. The molecule has 1 atom stereocenters. The molecule has 4 rings (SSSR count). The third-order valence-electron chi connectivity index (χ3n) is 6.52. The second-order valence-electron chi connectivity index (χ2n) is 8.82. The van der Waals surface area contributed by atoms with E-state index in [1.165, 1.54) is 5.56 Å². The number of benzene rings is 3. The predicted octanol–water partition coefficient (Wildman–Crippen LogP) is 4.83. The largest absolute Gasteiger partial charge is 0.497 e. The van der Waals surface area contributed by atoms with E-state index in [-0.39, 0.29) is 11.9 Å². The second kappa shape index (κ2) is 11.8. The summed E-state index contributed by atoms with van der Waals surface area (Å²) in [6.45, 7) is 8.16. The first kappa shape index (κ1) is 24.0. The number of ether oxygens (including phenoxy) is 2. The molecule has 0 bridgehead atoms. The molecule has 1 aliphatic rings. The lowest BCUT2D eigenvalue weighted by atomic mass is 9.98. The van der Waals surface area contributed by atoms with E-state index < -0.39 is 0 Å². The molecule has 0 N–H and O–H groups in total. The number of methoxy groups -OCH3 is 1. The fourth-order valence-corrected chi connectivity index (χ4v) is 4.27. The van der Waals surface area contributed by atoms with Gasteiger partial charge in [0.05, 0.1) is 13.0 Å². The number of carbonyl (C=O) groups is 1. The van der Waals surface area contributed by atoms with Crippen LogP contribution in [0.1, 0.15) is 24.0 Å². The molecule has 1 unspecified atom stereocenters. The van der Waals surface area contributed by atoms with E-state index in [1.807, 2.05) is 43.3 Å². The van der Waals surface area contributed by atoms with E-state index in [4.69, 9.17) is 9.47 Å². The van der Waals surface area contributed by atoms with E-state index >= 15 is 0 Å². The fourth-order valence-electron chi connectivity index (χ4n) is 4.27. The average Bonchev–Trinajstić information content (AvgIpc) is 2.89. The van der Waals surface area contributed by atoms with Crippen molar-refractivity contribution in [3.05, 3.63) is 83.9 Å². The first-order valence-electron chi connectivity index (χ1n) is 12.0. The van der Waals surface area contributed by atoms with Gasteiger partial charge >= 0.3 is 5.97 Å². The van der Waals surface area contributed by atoms with Crippen LogP contribution in [0.4, 0.5) is 0 Å². The van der Waals surface area contributed by atoms with Gasteiger partial charge in [-0.25, -0.2) is 0 Å². The van der Waals surface area contributed by atoms with Crippen LogP contribution in [0, 0.1) is 0 Å². The molecule has 0 saturated carbocycles. The molecular weight excluding hydrogens is 424 g/mol. The molecule has 34 heavy (non-hydrogen) atoms. The van der Waals surface area contributed by atoms with Gasteiger partial charge in [0, 0.05) is 39.3 Å². The Bertz CT molecular complexity index is 1100. The number of carbonyl (C=O) groups excluding carboxylic acids is 1. The Hall–Kier alpha value is -3.15. The molecule has 178 valence electrons. The first-order valence-corrected chi connectivity index (χ1v) is 12.0. The summed E-state index contributed by atoms with van der Waals surface area (Å²) in [6, 6.07) is 22.5. The third kappa shape index (κ3) is 6.46. The van der Waals surface area contributed by atoms with Gasteiger partial charge in [0.1, 0.15) is 12.4 Å². The standard InChI is InChI=1S/C29H34N2O3/c1-23(25-10-11-27-22-28(33-2)13-12-26(27)21-25)29(32)34-20-19-31-17-15-30(16-18-31)14-6-9-24-7-4-3-5-8-24/h3-13,21-23H,14-20H2,1-2H3/b9-6-. The first-order chi connectivity index (χ1) is 16.6. The van der Waals surface area contributed by atoms with Crippen molar-refractivity contribution in [2.75, 3.05) is 53.0 Å². The van der Waals surface area contributed by atoms with Gasteiger partial charge in [-0.2, -0.15) is 0 Å². The van der Waals surface area contributed by atoms with Gasteiger partial charge in [0.15, 0.2) is 0 Å². The molecule has 0 aliphatic carbocycles. The maximum atomic E-state index is 12.6. The summed E-state index contributed by atoms with van der Waals surface area (Å²) in [7, 11) is 1.66. The van der Waals surface area contributed by atoms with Crippen molar-refractivity contribution in [2.24, 2.45) is 0 Å². The van der Waals surface area contributed by atoms with E-state index in [1.54, 1.807) is 7.11 Å². The second-order valence-corrected chi connectivity index (χ2v) is 8.82. The Morgan fingerprint density at radius 1 is 0.941 bits per heavy atom. The zero-order chi connectivity index (χ0) is 23.8. The molecule has 1 aliphatic heterocycles. The van der Waals surface area contributed by atoms with Crippen LogP contribution in [0.3, 0.4) is 0 Å². The van der Waals surface area contributed by atoms with Crippen molar-refractivity contribution in [2.45, 2.75) is 12.8 Å². The molecule has 1 saturated heterocycles. The molecule has 0 radical (unpaired) electrons. The van der Waals surface area contributed by atoms with Crippen molar-refractivity contribution in [3.63, 3.8) is 0 Å². The molecule has 0 amide bonds. The number of nitrogens with zero attached hydrogens (tertiary/aromatic N) is 2. The summed E-state index contributed by atoms with van der Waals surface area (Å²) < 4.78 is 10.9. The molecule has 1 fully saturated rings. The Morgan fingerprint density at radius 3 is 2.41 bits per heavy atom. The Labute approximate surface area is 202 Å². The van der Waals surface area contributed by atoms with Gasteiger partial charge in [-0.1, -0.05) is 66.7 Å². The smallest absolute Gasteiger partial charge is 0.313 e. The highest BCUT2D eigenvalue weighted by Crippen LogP contribution is 2.25. The molecule has 1 heterocycles.